The third-order valence-corrected chi connectivity index (χ3v) is 9.03. The normalized spacial score (nSPS) is 11.1. The van der Waals surface area contributed by atoms with Crippen molar-refractivity contribution in [1.82, 2.24) is 10.5 Å². The Morgan fingerprint density at radius 1 is 0.603 bits per heavy atom. The molecule has 4 nitrogen and oxygen atoms in total. The van der Waals surface area contributed by atoms with Crippen molar-refractivity contribution in [2.24, 2.45) is 0 Å². The number of hydrogen-bond donors (Lipinski definition) is 2. The molecular formula is C44H44BCl2F6N2O2Zr. The molecule has 0 heterocycles. The summed E-state index contributed by atoms with van der Waals surface area (Å²) in [6.45, 7) is 11.8. The van der Waals surface area contributed by atoms with Gasteiger partial charge >= 0.3 is 57.8 Å². The Labute approximate surface area is 355 Å². The molecule has 0 atom stereocenters. The summed E-state index contributed by atoms with van der Waals surface area (Å²) in [7, 11) is 11.1. The van der Waals surface area contributed by atoms with Crippen LogP contribution in [0.4, 0.5) is 26.3 Å². The molecule has 0 fully saturated rings. The van der Waals surface area contributed by atoms with Crippen LogP contribution in [-0.2, 0) is 42.8 Å². The van der Waals surface area contributed by atoms with E-state index in [4.69, 9.17) is 17.0 Å². The Bertz CT molecular complexity index is 2090. The first kappa shape index (κ1) is 48.5. The Morgan fingerprint density at radius 2 is 0.931 bits per heavy atom. The van der Waals surface area contributed by atoms with Gasteiger partial charge in [0.25, 0.3) is 0 Å². The molecule has 0 aliphatic rings. The number of halogens is 8. The molecule has 305 valence electrons. The van der Waals surface area contributed by atoms with Crippen LogP contribution in [0.2, 0.25) is 0 Å². The van der Waals surface area contributed by atoms with Gasteiger partial charge in [0, 0.05) is 12.8 Å². The molecule has 6 rings (SSSR count). The van der Waals surface area contributed by atoms with Crippen LogP contribution in [0.15, 0.2) is 109 Å². The molecule has 0 saturated carbocycles. The minimum atomic E-state index is -4.35. The molecule has 1 radical (unpaired) electrons. The van der Waals surface area contributed by atoms with Crippen molar-refractivity contribution in [3.05, 3.63) is 131 Å². The van der Waals surface area contributed by atoms with Crippen LogP contribution in [0.5, 0.6) is 0 Å². The number of hydrogen-bond acceptors (Lipinski definition) is 2. The zero-order chi connectivity index (χ0) is 43.2. The van der Waals surface area contributed by atoms with Crippen LogP contribution >= 0.6 is 17.0 Å². The fraction of sp³-hybridized carbons (Fsp3) is 0.273. The van der Waals surface area contributed by atoms with E-state index in [0.717, 1.165) is 44.8 Å². The Morgan fingerprint density at radius 3 is 1.24 bits per heavy atom. The van der Waals surface area contributed by atoms with Crippen molar-refractivity contribution in [1.29, 1.82) is 0 Å². The van der Waals surface area contributed by atoms with Gasteiger partial charge in [0.2, 0.25) is 11.8 Å². The van der Waals surface area contributed by atoms with Crippen LogP contribution in [0, 0.1) is 0 Å². The van der Waals surface area contributed by atoms with Crippen LogP contribution in [0.1, 0.15) is 88.5 Å². The number of fused-ring (bicyclic) bond motifs is 2. The van der Waals surface area contributed by atoms with E-state index in [-0.39, 0.29) is 22.9 Å². The third-order valence-electron chi connectivity index (χ3n) is 9.03. The number of alkyl halides is 6. The van der Waals surface area contributed by atoms with Gasteiger partial charge in [-0.1, -0.05) is 101 Å². The monoisotopic (exact) mass is 917 g/mol. The van der Waals surface area contributed by atoms with Gasteiger partial charge < -0.3 is 10.5 Å². The first-order chi connectivity index (χ1) is 27.4. The third kappa shape index (κ3) is 13.6. The summed E-state index contributed by atoms with van der Waals surface area (Å²) in [6.07, 6.45) is -7.88. The van der Waals surface area contributed by atoms with E-state index in [1.807, 2.05) is 36.4 Å². The van der Waals surface area contributed by atoms with Gasteiger partial charge in [-0.25, -0.2) is 0 Å². The van der Waals surface area contributed by atoms with Crippen molar-refractivity contribution in [2.45, 2.75) is 78.6 Å². The molecule has 6 aromatic rings. The standard InChI is InChI=1S/2C19H16F3.C6H12BN2O2.2ClH.Zr/c2*1-12(2)14-10-13-6-5-8-15(17(13)11-14)16-7-3-4-9-18(16)19(20,21)22;1-3-5(10)8-7-9-6(11)4-2;;;/h2*3-12H,1-2H3;3-4H2,1-2H3,(H,8,10)(H,9,11);2*1H;/q2*-1;;;;+4/p-2. The summed E-state index contributed by atoms with van der Waals surface area (Å²) in [6, 6.07) is 30.7. The topological polar surface area (TPSA) is 58.2 Å². The predicted octanol–water partition coefficient (Wildman–Crippen LogP) is 13.7. The van der Waals surface area contributed by atoms with E-state index < -0.39 is 44.3 Å². The van der Waals surface area contributed by atoms with Gasteiger partial charge in [-0.3, -0.25) is 9.59 Å². The van der Waals surface area contributed by atoms with Crippen LogP contribution in [-0.4, -0.2) is 19.4 Å². The van der Waals surface area contributed by atoms with Crippen molar-refractivity contribution in [3.8, 4) is 22.3 Å². The van der Waals surface area contributed by atoms with Gasteiger partial charge in [0.1, 0.15) is 0 Å². The molecule has 0 aliphatic carbocycles. The quantitative estimate of drug-likeness (QED) is 0.0908. The average Bonchev–Trinajstić information content (AvgIpc) is 3.84. The summed E-state index contributed by atoms with van der Waals surface area (Å²) in [4.78, 5) is 21.2. The zero-order valence-corrected chi connectivity index (χ0v) is 36.8. The number of carbonyl (C=O) groups excluding carboxylic acids is 2. The molecule has 0 aliphatic heterocycles. The second kappa shape index (κ2) is 22.5. The summed E-state index contributed by atoms with van der Waals surface area (Å²) in [5.41, 5.74) is 2.86. The van der Waals surface area contributed by atoms with Crippen molar-refractivity contribution < 1.29 is 56.8 Å². The van der Waals surface area contributed by atoms with Crippen LogP contribution in [0.25, 0.3) is 43.8 Å². The van der Waals surface area contributed by atoms with Gasteiger partial charge in [0.05, 0.1) is 11.1 Å². The molecule has 58 heavy (non-hydrogen) atoms. The number of amides is 2. The number of nitrogens with one attached hydrogen (secondary N) is 2. The second-order valence-electron chi connectivity index (χ2n) is 13.6. The molecule has 14 heteroatoms. The van der Waals surface area contributed by atoms with Gasteiger partial charge in [-0.15, -0.1) is 69.1 Å². The summed E-state index contributed by atoms with van der Waals surface area (Å²) >= 11 is -0.826. The van der Waals surface area contributed by atoms with Crippen molar-refractivity contribution in [2.75, 3.05) is 0 Å². The average molecular weight is 920 g/mol. The van der Waals surface area contributed by atoms with E-state index in [2.05, 4.69) is 50.3 Å². The zero-order valence-electron chi connectivity index (χ0n) is 32.9. The number of benzene rings is 4. The molecule has 6 aromatic carbocycles. The second-order valence-corrected chi connectivity index (χ2v) is 17.4. The Kier molecular flexibility index (Phi) is 18.8. The SMILES string of the molecule is CC(C)c1cc2c(-c3ccccc3C(F)(F)F)cccc2[cH-]1.CC(C)c1cc2c(-c3ccccc3C(F)(F)F)cccc2[cH-]1.CCC(=O)N[B]NC(=O)CC.[Cl][Zr+2][Cl]. The summed E-state index contributed by atoms with van der Waals surface area (Å²) in [5.74, 6) is 0.471. The van der Waals surface area contributed by atoms with Crippen LogP contribution < -0.4 is 10.5 Å². The van der Waals surface area contributed by atoms with E-state index in [1.54, 1.807) is 50.2 Å². The Hall–Kier alpha value is -3.85. The number of carbonyl (C=O) groups is 2. The van der Waals surface area contributed by atoms with Crippen molar-refractivity contribution in [3.63, 3.8) is 0 Å². The van der Waals surface area contributed by atoms with Gasteiger partial charge in [-0.2, -0.15) is 38.5 Å². The summed E-state index contributed by atoms with van der Waals surface area (Å²) < 4.78 is 79.6. The van der Waals surface area contributed by atoms with Gasteiger partial charge in [-0.05, 0) is 35.1 Å². The maximum atomic E-state index is 13.3. The van der Waals surface area contributed by atoms with E-state index >= 15 is 0 Å². The van der Waals surface area contributed by atoms with E-state index in [1.165, 1.54) is 19.7 Å². The molecule has 2 amide bonds. The van der Waals surface area contributed by atoms with E-state index in [0.29, 0.717) is 35.8 Å². The first-order valence-corrected chi connectivity index (χ1v) is 24.8. The summed E-state index contributed by atoms with van der Waals surface area (Å²) in [5, 5.41) is 8.53. The van der Waals surface area contributed by atoms with Crippen molar-refractivity contribution >= 4 is 57.9 Å². The Balaban J connectivity index is 0.000000237. The minimum absolute atomic E-state index is 0.110. The fourth-order valence-corrected chi connectivity index (χ4v) is 5.98. The van der Waals surface area contributed by atoms with E-state index in [9.17, 15) is 35.9 Å². The molecule has 0 spiro atoms. The maximum absolute atomic E-state index is 13.3. The number of rotatable bonds is 8. The molecule has 0 bridgehead atoms. The fourth-order valence-electron chi connectivity index (χ4n) is 5.98. The molecule has 0 aromatic heterocycles. The van der Waals surface area contributed by atoms with Gasteiger partial charge in [0.15, 0.2) is 0 Å². The van der Waals surface area contributed by atoms with Crippen LogP contribution in [0.3, 0.4) is 0 Å². The molecule has 0 unspecified atom stereocenters. The predicted molar refractivity (Wildman–Crippen MR) is 222 cm³/mol. The molecule has 0 saturated heterocycles. The first-order valence-electron chi connectivity index (χ1n) is 18.5. The molecular weight excluding hydrogens is 875 g/mol. The molecule has 2 N–H and O–H groups in total.